The highest BCUT2D eigenvalue weighted by Gasteiger charge is 2.39. The molecule has 0 saturated heterocycles. The van der Waals surface area contributed by atoms with Crippen LogP contribution in [0.2, 0.25) is 0 Å². The number of nitro groups is 1. The molecular formula is C10H9F3N2O5. The molecule has 1 rings (SSSR count). The van der Waals surface area contributed by atoms with Gasteiger partial charge in [-0.2, -0.15) is 13.2 Å². The fraction of sp³-hybridized carbons (Fsp3) is 0.400. The Kier molecular flexibility index (Phi) is 4.48. The highest BCUT2D eigenvalue weighted by molar-refractivity contribution is 5.87. The minimum absolute atomic E-state index is 0.400. The zero-order chi connectivity index (χ0) is 15.5. The maximum absolute atomic E-state index is 12.4. The maximum atomic E-state index is 12.4. The van der Waals surface area contributed by atoms with E-state index in [2.05, 4.69) is 14.5 Å². The number of hydrogen-bond donors (Lipinski definition) is 0. The fourth-order valence-electron chi connectivity index (χ4n) is 1.11. The van der Waals surface area contributed by atoms with Crippen molar-refractivity contribution in [2.45, 2.75) is 19.2 Å². The molecule has 1 aromatic heterocycles. The number of halogens is 3. The summed E-state index contributed by atoms with van der Waals surface area (Å²) in [4.78, 5) is 24.3. The number of rotatable bonds is 4. The SMILES string of the molecule is COC(=O)c1ccc([N+](=O)[O-])c(OC(C)C(F)(F)F)n1. The van der Waals surface area contributed by atoms with Gasteiger partial charge in [-0.05, 0) is 13.0 Å². The van der Waals surface area contributed by atoms with Crippen molar-refractivity contribution >= 4 is 11.7 Å². The minimum Gasteiger partial charge on any atom is -0.464 e. The molecule has 0 radical (unpaired) electrons. The van der Waals surface area contributed by atoms with Crippen molar-refractivity contribution in [1.82, 2.24) is 4.98 Å². The lowest BCUT2D eigenvalue weighted by atomic mass is 10.3. The van der Waals surface area contributed by atoms with E-state index >= 15 is 0 Å². The molecule has 20 heavy (non-hydrogen) atoms. The molecule has 1 heterocycles. The van der Waals surface area contributed by atoms with Crippen LogP contribution in [0.25, 0.3) is 0 Å². The van der Waals surface area contributed by atoms with E-state index in [0.717, 1.165) is 19.2 Å². The quantitative estimate of drug-likeness (QED) is 0.480. The second-order valence-corrected chi connectivity index (χ2v) is 3.57. The van der Waals surface area contributed by atoms with Crippen LogP contribution in [0, 0.1) is 10.1 Å². The molecular weight excluding hydrogens is 285 g/mol. The fourth-order valence-corrected chi connectivity index (χ4v) is 1.11. The summed E-state index contributed by atoms with van der Waals surface area (Å²) in [7, 11) is 1.03. The molecule has 0 aromatic carbocycles. The highest BCUT2D eigenvalue weighted by atomic mass is 19.4. The Morgan fingerprint density at radius 3 is 2.50 bits per heavy atom. The Morgan fingerprint density at radius 2 is 2.05 bits per heavy atom. The number of hydrogen-bond acceptors (Lipinski definition) is 6. The highest BCUT2D eigenvalue weighted by Crippen LogP contribution is 2.30. The molecule has 0 bridgehead atoms. The van der Waals surface area contributed by atoms with Gasteiger partial charge in [0.25, 0.3) is 5.88 Å². The topological polar surface area (TPSA) is 91.6 Å². The van der Waals surface area contributed by atoms with Gasteiger partial charge in [0.15, 0.2) is 11.8 Å². The van der Waals surface area contributed by atoms with Crippen LogP contribution in [0.1, 0.15) is 17.4 Å². The molecule has 0 fully saturated rings. The van der Waals surface area contributed by atoms with Crippen LogP contribution in [-0.4, -0.2) is 35.3 Å². The number of alkyl halides is 3. The third-order valence-corrected chi connectivity index (χ3v) is 2.18. The monoisotopic (exact) mass is 294 g/mol. The van der Waals surface area contributed by atoms with Gasteiger partial charge in [0.05, 0.1) is 12.0 Å². The van der Waals surface area contributed by atoms with Gasteiger partial charge >= 0.3 is 17.8 Å². The second-order valence-electron chi connectivity index (χ2n) is 3.57. The zero-order valence-corrected chi connectivity index (χ0v) is 10.3. The number of aromatic nitrogens is 1. The van der Waals surface area contributed by atoms with E-state index in [4.69, 9.17) is 0 Å². The molecule has 0 aliphatic carbocycles. The summed E-state index contributed by atoms with van der Waals surface area (Å²) in [5, 5.41) is 10.7. The number of ether oxygens (including phenoxy) is 2. The van der Waals surface area contributed by atoms with Gasteiger partial charge in [0.1, 0.15) is 0 Å². The molecule has 0 amide bonds. The lowest BCUT2D eigenvalue weighted by molar-refractivity contribution is -0.386. The average Bonchev–Trinajstić information content (AvgIpc) is 2.36. The van der Waals surface area contributed by atoms with E-state index in [1.165, 1.54) is 0 Å². The Bertz CT molecular complexity index is 532. The van der Waals surface area contributed by atoms with Crippen LogP contribution >= 0.6 is 0 Å². The summed E-state index contributed by atoms with van der Waals surface area (Å²) >= 11 is 0. The van der Waals surface area contributed by atoms with Crippen molar-refractivity contribution in [3.63, 3.8) is 0 Å². The standard InChI is InChI=1S/C10H9F3N2O5/c1-5(10(11,12)13)20-8-7(15(17)18)4-3-6(14-8)9(16)19-2/h3-5H,1-2H3. The van der Waals surface area contributed by atoms with Crippen LogP contribution < -0.4 is 4.74 Å². The van der Waals surface area contributed by atoms with E-state index < -0.39 is 40.4 Å². The van der Waals surface area contributed by atoms with E-state index in [9.17, 15) is 28.1 Å². The summed E-state index contributed by atoms with van der Waals surface area (Å²) in [6, 6.07) is 1.77. The third-order valence-electron chi connectivity index (χ3n) is 2.18. The van der Waals surface area contributed by atoms with Crippen LogP contribution in [0.5, 0.6) is 5.88 Å². The molecule has 7 nitrogen and oxygen atoms in total. The Hall–Kier alpha value is -2.39. The Balaban J connectivity index is 3.19. The molecule has 110 valence electrons. The summed E-state index contributed by atoms with van der Waals surface area (Å²) in [6.45, 7) is 0.663. The van der Waals surface area contributed by atoms with Crippen LogP contribution in [-0.2, 0) is 4.74 Å². The Labute approximate surface area is 110 Å². The van der Waals surface area contributed by atoms with Crippen molar-refractivity contribution in [3.05, 3.63) is 27.9 Å². The molecule has 1 aromatic rings. The zero-order valence-electron chi connectivity index (χ0n) is 10.3. The van der Waals surface area contributed by atoms with Gasteiger partial charge < -0.3 is 9.47 Å². The molecule has 0 saturated carbocycles. The van der Waals surface area contributed by atoms with Gasteiger partial charge in [-0.1, -0.05) is 0 Å². The van der Waals surface area contributed by atoms with Gasteiger partial charge in [-0.25, -0.2) is 9.78 Å². The van der Waals surface area contributed by atoms with Crippen molar-refractivity contribution in [3.8, 4) is 5.88 Å². The first-order valence-electron chi connectivity index (χ1n) is 5.14. The van der Waals surface area contributed by atoms with Gasteiger partial charge in [0.2, 0.25) is 0 Å². The Morgan fingerprint density at radius 1 is 1.45 bits per heavy atom. The first-order chi connectivity index (χ1) is 9.16. The van der Waals surface area contributed by atoms with E-state index in [1.807, 2.05) is 0 Å². The van der Waals surface area contributed by atoms with Crippen molar-refractivity contribution in [2.75, 3.05) is 7.11 Å². The number of carbonyl (C=O) groups is 1. The number of esters is 1. The largest absolute Gasteiger partial charge is 0.464 e. The molecule has 1 atom stereocenters. The molecule has 0 N–H and O–H groups in total. The van der Waals surface area contributed by atoms with Crippen molar-refractivity contribution < 1.29 is 32.4 Å². The van der Waals surface area contributed by atoms with Crippen molar-refractivity contribution in [2.24, 2.45) is 0 Å². The predicted molar refractivity (Wildman–Crippen MR) is 58.4 cm³/mol. The van der Waals surface area contributed by atoms with Crippen molar-refractivity contribution in [1.29, 1.82) is 0 Å². The first-order valence-corrected chi connectivity index (χ1v) is 5.14. The van der Waals surface area contributed by atoms with E-state index in [1.54, 1.807) is 0 Å². The number of carbonyl (C=O) groups excluding carboxylic acids is 1. The van der Waals surface area contributed by atoms with Gasteiger partial charge in [-0.3, -0.25) is 10.1 Å². The van der Waals surface area contributed by atoms with Gasteiger partial charge in [0, 0.05) is 6.07 Å². The predicted octanol–water partition coefficient (Wildman–Crippen LogP) is 2.11. The first kappa shape index (κ1) is 15.7. The van der Waals surface area contributed by atoms with E-state index in [-0.39, 0.29) is 0 Å². The maximum Gasteiger partial charge on any atom is 0.425 e. The van der Waals surface area contributed by atoms with E-state index in [0.29, 0.717) is 6.92 Å². The van der Waals surface area contributed by atoms with Crippen LogP contribution in [0.3, 0.4) is 0 Å². The van der Waals surface area contributed by atoms with Crippen LogP contribution in [0.15, 0.2) is 12.1 Å². The molecule has 10 heteroatoms. The molecule has 1 unspecified atom stereocenters. The minimum atomic E-state index is -4.73. The normalized spacial score (nSPS) is 12.7. The number of nitrogens with zero attached hydrogens (tertiary/aromatic N) is 2. The van der Waals surface area contributed by atoms with Crippen LogP contribution in [0.4, 0.5) is 18.9 Å². The lowest BCUT2D eigenvalue weighted by Gasteiger charge is -2.16. The summed E-state index contributed by atoms with van der Waals surface area (Å²) in [5.74, 6) is -1.85. The molecule has 0 spiro atoms. The van der Waals surface area contributed by atoms with Gasteiger partial charge in [-0.15, -0.1) is 0 Å². The summed E-state index contributed by atoms with van der Waals surface area (Å²) in [5.41, 5.74) is -1.18. The number of pyridine rings is 1. The molecule has 0 aliphatic heterocycles. The smallest absolute Gasteiger partial charge is 0.425 e. The average molecular weight is 294 g/mol. The third kappa shape index (κ3) is 3.56. The second kappa shape index (κ2) is 5.72. The summed E-state index contributed by atoms with van der Waals surface area (Å²) in [6.07, 6.45) is -7.04. The number of methoxy groups -OCH3 is 1. The lowest BCUT2D eigenvalue weighted by Crippen LogP contribution is -2.31. The summed E-state index contributed by atoms with van der Waals surface area (Å²) < 4.78 is 45.9. The molecule has 0 aliphatic rings.